The van der Waals surface area contributed by atoms with Gasteiger partial charge in [-0.15, -0.1) is 11.3 Å². The molecule has 1 aliphatic heterocycles. The fourth-order valence-corrected chi connectivity index (χ4v) is 5.51. The van der Waals surface area contributed by atoms with Crippen molar-refractivity contribution in [3.05, 3.63) is 70.2 Å². The van der Waals surface area contributed by atoms with E-state index in [0.717, 1.165) is 51.0 Å². The Morgan fingerprint density at radius 3 is 2.52 bits per heavy atom. The molecule has 0 bridgehead atoms. The van der Waals surface area contributed by atoms with E-state index in [4.69, 9.17) is 16.3 Å². The van der Waals surface area contributed by atoms with Gasteiger partial charge in [-0.05, 0) is 62.4 Å². The first-order valence-electron chi connectivity index (χ1n) is 11.1. The summed E-state index contributed by atoms with van der Waals surface area (Å²) in [5.41, 5.74) is 2.95. The molecule has 0 radical (unpaired) electrons. The summed E-state index contributed by atoms with van der Waals surface area (Å²) in [4.78, 5) is 19.3. The molecule has 0 unspecified atom stereocenters. The molecule has 0 spiro atoms. The van der Waals surface area contributed by atoms with Crippen LogP contribution in [0.5, 0.6) is 5.75 Å². The summed E-state index contributed by atoms with van der Waals surface area (Å²) in [6.07, 6.45) is 0. The molecule has 6 nitrogen and oxygen atoms in total. The fourth-order valence-electron chi connectivity index (χ4n) is 4.18. The van der Waals surface area contributed by atoms with Gasteiger partial charge < -0.3 is 14.5 Å². The van der Waals surface area contributed by atoms with Crippen LogP contribution >= 0.6 is 22.9 Å². The van der Waals surface area contributed by atoms with Crippen molar-refractivity contribution in [3.63, 3.8) is 0 Å². The zero-order valence-corrected chi connectivity index (χ0v) is 20.2. The number of hydrogen-bond donors (Lipinski definition) is 0. The van der Waals surface area contributed by atoms with Crippen molar-refractivity contribution >= 4 is 44.7 Å². The number of aromatic nitrogens is 2. The highest BCUT2D eigenvalue weighted by molar-refractivity contribution is 7.20. The van der Waals surface area contributed by atoms with Crippen molar-refractivity contribution < 1.29 is 9.53 Å². The molecule has 0 N–H and O–H groups in total. The lowest BCUT2D eigenvalue weighted by molar-refractivity contribution is 0.0751. The highest BCUT2D eigenvalue weighted by atomic mass is 35.5. The molecule has 1 amide bonds. The largest absolute Gasteiger partial charge is 0.494 e. The summed E-state index contributed by atoms with van der Waals surface area (Å²) in [6, 6.07) is 17.7. The third kappa shape index (κ3) is 4.30. The van der Waals surface area contributed by atoms with Gasteiger partial charge in [-0.3, -0.25) is 4.79 Å². The second kappa shape index (κ2) is 9.08. The second-order valence-electron chi connectivity index (χ2n) is 8.01. The summed E-state index contributed by atoms with van der Waals surface area (Å²) in [5.74, 6) is 0.964. The van der Waals surface area contributed by atoms with E-state index in [1.807, 2.05) is 65.9 Å². The number of halogens is 1. The van der Waals surface area contributed by atoms with Crippen LogP contribution in [0.4, 0.5) is 5.69 Å². The number of carbonyl (C=O) groups is 1. The number of fused-ring (bicyclic) bond motifs is 1. The van der Waals surface area contributed by atoms with Gasteiger partial charge in [-0.1, -0.05) is 17.7 Å². The van der Waals surface area contributed by atoms with Crippen molar-refractivity contribution in [2.45, 2.75) is 13.8 Å². The molecule has 2 aromatic heterocycles. The third-order valence-corrected chi connectivity index (χ3v) is 7.22. The summed E-state index contributed by atoms with van der Waals surface area (Å²) >= 11 is 7.67. The first-order valence-corrected chi connectivity index (χ1v) is 12.2. The topological polar surface area (TPSA) is 50.6 Å². The van der Waals surface area contributed by atoms with Gasteiger partial charge in [-0.25, -0.2) is 4.68 Å². The van der Waals surface area contributed by atoms with E-state index < -0.39 is 0 Å². The number of hydrogen-bond acceptors (Lipinski definition) is 5. The van der Waals surface area contributed by atoms with Crippen LogP contribution in [0.2, 0.25) is 5.02 Å². The molecule has 8 heteroatoms. The first kappa shape index (κ1) is 21.8. The Morgan fingerprint density at radius 1 is 1.06 bits per heavy atom. The molecule has 170 valence electrons. The number of ether oxygens (including phenoxy) is 1. The summed E-state index contributed by atoms with van der Waals surface area (Å²) < 4.78 is 7.41. The zero-order valence-electron chi connectivity index (χ0n) is 18.6. The van der Waals surface area contributed by atoms with Gasteiger partial charge in [0.2, 0.25) is 0 Å². The molecule has 0 aliphatic carbocycles. The molecule has 5 rings (SSSR count). The summed E-state index contributed by atoms with van der Waals surface area (Å²) in [5, 5.41) is 6.33. The lowest BCUT2D eigenvalue weighted by Gasteiger charge is -2.36. The zero-order chi connectivity index (χ0) is 22.9. The van der Waals surface area contributed by atoms with Crippen LogP contribution in [-0.4, -0.2) is 53.4 Å². The summed E-state index contributed by atoms with van der Waals surface area (Å²) in [7, 11) is 0. The molecule has 1 fully saturated rings. The normalized spacial score (nSPS) is 14.2. The predicted molar refractivity (Wildman–Crippen MR) is 134 cm³/mol. The number of anilines is 1. The van der Waals surface area contributed by atoms with E-state index in [1.54, 1.807) is 0 Å². The SMILES string of the molecule is CCOc1ccc(N2CCN(C(=O)c3cc4c(C)nn(-c5cccc(Cl)c5)c4s3)CC2)cc1. The molecule has 0 saturated carbocycles. The Kier molecular flexibility index (Phi) is 6.00. The van der Waals surface area contributed by atoms with Gasteiger partial charge in [0.1, 0.15) is 10.6 Å². The van der Waals surface area contributed by atoms with Crippen LogP contribution in [0.3, 0.4) is 0 Å². The highest BCUT2D eigenvalue weighted by Gasteiger charge is 2.25. The van der Waals surface area contributed by atoms with E-state index >= 15 is 0 Å². The predicted octanol–water partition coefficient (Wildman–Crippen LogP) is 5.41. The van der Waals surface area contributed by atoms with Crippen LogP contribution in [-0.2, 0) is 0 Å². The Bertz CT molecular complexity index is 1290. The Morgan fingerprint density at radius 2 is 1.82 bits per heavy atom. The van der Waals surface area contributed by atoms with Crippen molar-refractivity contribution in [1.82, 2.24) is 14.7 Å². The maximum Gasteiger partial charge on any atom is 0.264 e. The standard InChI is InChI=1S/C25H25ClN4O2S/c1-3-32-21-9-7-19(8-10-21)28-11-13-29(14-12-28)24(31)23-16-22-17(2)27-30(25(22)33-23)20-6-4-5-18(26)15-20/h4-10,15-16H,3,11-14H2,1-2H3. The molecular weight excluding hydrogens is 456 g/mol. The molecule has 2 aromatic carbocycles. The maximum atomic E-state index is 13.3. The van der Waals surface area contributed by atoms with Gasteiger partial charge in [0.15, 0.2) is 0 Å². The van der Waals surface area contributed by atoms with Gasteiger partial charge in [-0.2, -0.15) is 5.10 Å². The third-order valence-electron chi connectivity index (χ3n) is 5.89. The van der Waals surface area contributed by atoms with Crippen LogP contribution in [0.25, 0.3) is 15.9 Å². The lowest BCUT2D eigenvalue weighted by Crippen LogP contribution is -2.48. The molecule has 33 heavy (non-hydrogen) atoms. The molecule has 3 heterocycles. The monoisotopic (exact) mass is 480 g/mol. The number of thiophene rings is 1. The van der Waals surface area contributed by atoms with Crippen molar-refractivity contribution in [1.29, 1.82) is 0 Å². The van der Waals surface area contributed by atoms with E-state index in [0.29, 0.717) is 24.7 Å². The molecular formula is C25H25ClN4O2S. The lowest BCUT2D eigenvalue weighted by atomic mass is 10.2. The van der Waals surface area contributed by atoms with Crippen molar-refractivity contribution in [2.24, 2.45) is 0 Å². The Labute approximate surface area is 201 Å². The van der Waals surface area contributed by atoms with E-state index in [1.165, 1.54) is 11.3 Å². The molecule has 0 atom stereocenters. The Balaban J connectivity index is 1.31. The van der Waals surface area contributed by atoms with Crippen LogP contribution < -0.4 is 9.64 Å². The summed E-state index contributed by atoms with van der Waals surface area (Å²) in [6.45, 7) is 7.61. The minimum absolute atomic E-state index is 0.0830. The maximum absolute atomic E-state index is 13.3. The number of aryl methyl sites for hydroxylation is 1. The minimum atomic E-state index is 0.0830. The first-order chi connectivity index (χ1) is 16.0. The second-order valence-corrected chi connectivity index (χ2v) is 9.48. The molecule has 1 saturated heterocycles. The van der Waals surface area contributed by atoms with E-state index in [9.17, 15) is 4.79 Å². The number of nitrogens with zero attached hydrogens (tertiary/aromatic N) is 4. The molecule has 4 aromatic rings. The Hall–Kier alpha value is -3.03. The van der Waals surface area contributed by atoms with E-state index in [2.05, 4.69) is 22.1 Å². The van der Waals surface area contributed by atoms with Crippen molar-refractivity contribution in [2.75, 3.05) is 37.7 Å². The minimum Gasteiger partial charge on any atom is -0.494 e. The van der Waals surface area contributed by atoms with Crippen molar-refractivity contribution in [3.8, 4) is 11.4 Å². The average Bonchev–Trinajstić information content (AvgIpc) is 3.40. The average molecular weight is 481 g/mol. The van der Waals surface area contributed by atoms with Crippen LogP contribution in [0, 0.1) is 6.92 Å². The number of carbonyl (C=O) groups excluding carboxylic acids is 1. The number of benzene rings is 2. The van der Waals surface area contributed by atoms with Gasteiger partial charge in [0.05, 0.1) is 22.9 Å². The smallest absolute Gasteiger partial charge is 0.264 e. The number of amides is 1. The van der Waals surface area contributed by atoms with Crippen LogP contribution in [0.15, 0.2) is 54.6 Å². The van der Waals surface area contributed by atoms with Gasteiger partial charge >= 0.3 is 0 Å². The molecule has 1 aliphatic rings. The highest BCUT2D eigenvalue weighted by Crippen LogP contribution is 2.32. The van der Waals surface area contributed by atoms with Gasteiger partial charge in [0.25, 0.3) is 5.91 Å². The van der Waals surface area contributed by atoms with Gasteiger partial charge in [0, 0.05) is 42.3 Å². The van der Waals surface area contributed by atoms with E-state index in [-0.39, 0.29) is 5.91 Å². The van der Waals surface area contributed by atoms with Crippen LogP contribution in [0.1, 0.15) is 22.3 Å². The number of piperazine rings is 1. The number of rotatable bonds is 5. The quantitative estimate of drug-likeness (QED) is 0.383. The fraction of sp³-hybridized carbons (Fsp3) is 0.280.